The highest BCUT2D eigenvalue weighted by molar-refractivity contribution is 7.22. The smallest absolute Gasteiger partial charge is 0.265 e. The highest BCUT2D eigenvalue weighted by Crippen LogP contribution is 2.34. The van der Waals surface area contributed by atoms with Crippen molar-refractivity contribution in [3.63, 3.8) is 0 Å². The van der Waals surface area contributed by atoms with Crippen molar-refractivity contribution in [2.45, 2.75) is 26.9 Å². The lowest BCUT2D eigenvalue weighted by atomic mass is 10.1. The van der Waals surface area contributed by atoms with Crippen LogP contribution in [0, 0.1) is 13.8 Å². The van der Waals surface area contributed by atoms with Crippen LogP contribution in [0.2, 0.25) is 10.0 Å². The number of nitrogens with zero attached hydrogens (tertiary/aromatic N) is 1. The molecule has 2 aromatic carbocycles. The average Bonchev–Trinajstić information content (AvgIpc) is 2.94. The van der Waals surface area contributed by atoms with Crippen LogP contribution in [-0.4, -0.2) is 17.0 Å². The van der Waals surface area contributed by atoms with Gasteiger partial charge in [-0.15, -0.1) is 0 Å². The van der Waals surface area contributed by atoms with Crippen LogP contribution in [-0.2, 0) is 4.79 Å². The van der Waals surface area contributed by atoms with Gasteiger partial charge in [-0.3, -0.25) is 4.79 Å². The van der Waals surface area contributed by atoms with Gasteiger partial charge in [-0.1, -0.05) is 34.5 Å². The van der Waals surface area contributed by atoms with E-state index in [0.29, 0.717) is 20.9 Å². The van der Waals surface area contributed by atoms with E-state index in [0.717, 1.165) is 27.0 Å². The molecule has 0 spiro atoms. The monoisotopic (exact) mass is 409 g/mol. The van der Waals surface area contributed by atoms with Gasteiger partial charge in [-0.05, 0) is 56.2 Å². The Morgan fingerprint density at radius 2 is 2.04 bits per heavy atom. The molecule has 1 aromatic heterocycles. The van der Waals surface area contributed by atoms with Gasteiger partial charge in [0.05, 0.1) is 15.2 Å². The number of benzene rings is 2. The minimum absolute atomic E-state index is 0.279. The molecule has 3 rings (SSSR count). The molecule has 1 unspecified atom stereocenters. The number of ether oxygens (including phenoxy) is 1. The summed E-state index contributed by atoms with van der Waals surface area (Å²) in [5.74, 6) is 0.122. The Morgan fingerprint density at radius 1 is 1.31 bits per heavy atom. The lowest BCUT2D eigenvalue weighted by Crippen LogP contribution is -2.30. The van der Waals surface area contributed by atoms with E-state index in [1.54, 1.807) is 25.1 Å². The quantitative estimate of drug-likeness (QED) is 0.619. The molecular formula is C18H17Cl2N3O2S. The lowest BCUT2D eigenvalue weighted by Gasteiger charge is -2.18. The standard InChI is InChI=1S/C18H17Cl2N3O2S/c1-8-6-13-16(26-18(21)22-13)9(2)15(8)23-17(24)10(3)25-14-5-4-11(19)7-12(14)20/h4-7,10H,1-3H3,(H2,21,22)(H,23,24). The molecule has 1 amide bonds. The van der Waals surface area contributed by atoms with Gasteiger partial charge in [-0.2, -0.15) is 0 Å². The van der Waals surface area contributed by atoms with E-state index in [9.17, 15) is 4.79 Å². The average molecular weight is 410 g/mol. The first-order chi connectivity index (χ1) is 12.3. The molecule has 1 heterocycles. The van der Waals surface area contributed by atoms with Crippen LogP contribution >= 0.6 is 34.5 Å². The first kappa shape index (κ1) is 18.8. The number of nitrogens with one attached hydrogen (secondary N) is 1. The molecule has 3 aromatic rings. The van der Waals surface area contributed by atoms with E-state index < -0.39 is 6.10 Å². The number of amides is 1. The minimum Gasteiger partial charge on any atom is -0.479 e. The Hall–Kier alpha value is -2.02. The van der Waals surface area contributed by atoms with E-state index in [4.69, 9.17) is 33.7 Å². The molecule has 0 radical (unpaired) electrons. The van der Waals surface area contributed by atoms with Gasteiger partial charge < -0.3 is 15.8 Å². The number of aryl methyl sites for hydroxylation is 2. The van der Waals surface area contributed by atoms with Gasteiger partial charge in [0.1, 0.15) is 5.75 Å². The fraction of sp³-hybridized carbons (Fsp3) is 0.222. The zero-order valence-electron chi connectivity index (χ0n) is 14.4. The second-order valence-electron chi connectivity index (χ2n) is 5.92. The van der Waals surface area contributed by atoms with E-state index in [1.165, 1.54) is 11.3 Å². The van der Waals surface area contributed by atoms with Crippen molar-refractivity contribution in [3.8, 4) is 5.75 Å². The molecule has 26 heavy (non-hydrogen) atoms. The number of carbonyl (C=O) groups is 1. The zero-order chi connectivity index (χ0) is 19.0. The third-order valence-corrected chi connectivity index (χ3v) is 5.50. The van der Waals surface area contributed by atoms with Crippen LogP contribution in [0.5, 0.6) is 5.75 Å². The van der Waals surface area contributed by atoms with Crippen molar-refractivity contribution in [1.29, 1.82) is 0 Å². The summed E-state index contributed by atoms with van der Waals surface area (Å²) in [6.45, 7) is 5.51. The minimum atomic E-state index is -0.741. The molecule has 0 saturated carbocycles. The number of aromatic nitrogens is 1. The summed E-state index contributed by atoms with van der Waals surface area (Å²) in [5.41, 5.74) is 9.21. The molecule has 0 saturated heterocycles. The third kappa shape index (κ3) is 3.72. The molecule has 0 aliphatic carbocycles. The number of hydrogen-bond donors (Lipinski definition) is 2. The predicted octanol–water partition coefficient (Wildman–Crippen LogP) is 5.21. The largest absolute Gasteiger partial charge is 0.479 e. The Morgan fingerprint density at radius 3 is 2.73 bits per heavy atom. The first-order valence-corrected chi connectivity index (χ1v) is 9.42. The van der Waals surface area contributed by atoms with Crippen molar-refractivity contribution in [2.24, 2.45) is 0 Å². The first-order valence-electron chi connectivity index (χ1n) is 7.85. The summed E-state index contributed by atoms with van der Waals surface area (Å²) in [6.07, 6.45) is -0.741. The molecular weight excluding hydrogens is 393 g/mol. The number of rotatable bonds is 4. The summed E-state index contributed by atoms with van der Waals surface area (Å²) < 4.78 is 6.63. The van der Waals surface area contributed by atoms with Crippen LogP contribution in [0.4, 0.5) is 10.8 Å². The van der Waals surface area contributed by atoms with Crippen molar-refractivity contribution in [3.05, 3.63) is 45.4 Å². The zero-order valence-corrected chi connectivity index (χ0v) is 16.7. The molecule has 136 valence electrons. The maximum Gasteiger partial charge on any atom is 0.265 e. The molecule has 0 fully saturated rings. The van der Waals surface area contributed by atoms with Crippen LogP contribution < -0.4 is 15.8 Å². The maximum absolute atomic E-state index is 12.6. The molecule has 1 atom stereocenters. The Balaban J connectivity index is 1.82. The number of thiazole rings is 1. The fourth-order valence-electron chi connectivity index (χ4n) is 2.63. The van der Waals surface area contributed by atoms with Crippen LogP contribution in [0.25, 0.3) is 10.2 Å². The van der Waals surface area contributed by atoms with Gasteiger partial charge in [0, 0.05) is 10.7 Å². The Bertz CT molecular complexity index is 1000. The van der Waals surface area contributed by atoms with E-state index in [-0.39, 0.29) is 5.91 Å². The third-order valence-electron chi connectivity index (χ3n) is 3.95. The molecule has 5 nitrogen and oxygen atoms in total. The Kier molecular flexibility index (Phi) is 5.27. The number of fused-ring (bicyclic) bond motifs is 1. The van der Waals surface area contributed by atoms with Gasteiger partial charge >= 0.3 is 0 Å². The van der Waals surface area contributed by atoms with Crippen LogP contribution in [0.1, 0.15) is 18.1 Å². The van der Waals surface area contributed by atoms with Crippen LogP contribution in [0.15, 0.2) is 24.3 Å². The number of nitrogen functional groups attached to an aromatic ring is 1. The van der Waals surface area contributed by atoms with E-state index in [1.807, 2.05) is 19.9 Å². The second-order valence-corrected chi connectivity index (χ2v) is 7.79. The van der Waals surface area contributed by atoms with Crippen LogP contribution in [0.3, 0.4) is 0 Å². The number of anilines is 2. The van der Waals surface area contributed by atoms with Gasteiger partial charge in [-0.25, -0.2) is 4.98 Å². The van der Waals surface area contributed by atoms with E-state index in [2.05, 4.69) is 10.3 Å². The number of carbonyl (C=O) groups excluding carboxylic acids is 1. The lowest BCUT2D eigenvalue weighted by molar-refractivity contribution is -0.122. The topological polar surface area (TPSA) is 77.2 Å². The van der Waals surface area contributed by atoms with Gasteiger partial charge in [0.2, 0.25) is 0 Å². The van der Waals surface area contributed by atoms with Crippen molar-refractivity contribution >= 4 is 61.5 Å². The Labute approximate surface area is 165 Å². The molecule has 8 heteroatoms. The summed E-state index contributed by atoms with van der Waals surface area (Å²) >= 11 is 13.4. The summed E-state index contributed by atoms with van der Waals surface area (Å²) in [5, 5.41) is 4.29. The number of nitrogens with two attached hydrogens (primary N) is 1. The second kappa shape index (κ2) is 7.31. The van der Waals surface area contributed by atoms with Crippen molar-refractivity contribution in [1.82, 2.24) is 4.98 Å². The predicted molar refractivity (Wildman–Crippen MR) is 109 cm³/mol. The maximum atomic E-state index is 12.6. The van der Waals surface area contributed by atoms with Gasteiger partial charge in [0.15, 0.2) is 11.2 Å². The summed E-state index contributed by atoms with van der Waals surface area (Å²) in [4.78, 5) is 16.9. The highest BCUT2D eigenvalue weighted by Gasteiger charge is 2.20. The summed E-state index contributed by atoms with van der Waals surface area (Å²) in [7, 11) is 0. The molecule has 3 N–H and O–H groups in total. The fourth-order valence-corrected chi connectivity index (χ4v) is 3.90. The number of halogens is 2. The SMILES string of the molecule is Cc1cc2nc(N)sc2c(C)c1NC(=O)C(C)Oc1ccc(Cl)cc1Cl. The number of hydrogen-bond acceptors (Lipinski definition) is 5. The normalized spacial score (nSPS) is 12.2. The summed E-state index contributed by atoms with van der Waals surface area (Å²) in [6, 6.07) is 6.77. The van der Waals surface area contributed by atoms with E-state index >= 15 is 0 Å². The molecule has 0 aliphatic rings. The van der Waals surface area contributed by atoms with Gasteiger partial charge in [0.25, 0.3) is 5.91 Å². The molecule has 0 bridgehead atoms. The van der Waals surface area contributed by atoms with Crippen molar-refractivity contribution in [2.75, 3.05) is 11.1 Å². The van der Waals surface area contributed by atoms with Crippen molar-refractivity contribution < 1.29 is 9.53 Å². The highest BCUT2D eigenvalue weighted by atomic mass is 35.5. The molecule has 0 aliphatic heterocycles.